The molecule has 4 rings (SSSR count). The lowest BCUT2D eigenvalue weighted by atomic mass is 10.3. The van der Waals surface area contributed by atoms with Crippen molar-refractivity contribution < 1.29 is 9.18 Å². The molecule has 0 unspecified atom stereocenters. The zero-order valence-corrected chi connectivity index (χ0v) is 17.3. The number of anilines is 2. The maximum Gasteiger partial charge on any atom is 0.239 e. The number of pyridine rings is 1. The molecule has 1 aliphatic rings. The highest BCUT2D eigenvalue weighted by Crippen LogP contribution is 2.19. The van der Waals surface area contributed by atoms with Crippen LogP contribution in [0.1, 0.15) is 5.69 Å². The number of nitrogens with one attached hydrogen (secondary N) is 1. The van der Waals surface area contributed by atoms with Gasteiger partial charge in [-0.3, -0.25) is 9.69 Å². The summed E-state index contributed by atoms with van der Waals surface area (Å²) in [6, 6.07) is 11.5. The average Bonchev–Trinajstić information content (AvgIpc) is 3.09. The number of hydrogen-bond acceptors (Lipinski definition) is 5. The van der Waals surface area contributed by atoms with Crippen molar-refractivity contribution in [2.24, 2.45) is 0 Å². The van der Waals surface area contributed by atoms with Crippen LogP contribution in [-0.2, 0) is 4.79 Å². The SMILES string of the molecule is Cc1cc(NC(=O)CN2CCN(c3ccc(Cl)cn3)CC2)n(-c2ccc(F)cc2)n1. The molecular formula is C21H22ClFN6O. The predicted octanol–water partition coefficient (Wildman–Crippen LogP) is 3.13. The monoisotopic (exact) mass is 428 g/mol. The minimum atomic E-state index is -0.318. The standard InChI is InChI=1S/C21H22ClFN6O/c1-15-12-20(29(26-15)18-5-3-17(23)4-6-18)25-21(30)14-27-8-10-28(11-9-27)19-7-2-16(22)13-24-19/h2-7,12-13H,8-11,14H2,1H3,(H,25,30). The van der Waals surface area contributed by atoms with Crippen LogP contribution in [0.4, 0.5) is 16.0 Å². The van der Waals surface area contributed by atoms with Gasteiger partial charge in [0.15, 0.2) is 0 Å². The van der Waals surface area contributed by atoms with Crippen LogP contribution in [0.3, 0.4) is 0 Å². The molecule has 1 amide bonds. The maximum absolute atomic E-state index is 13.2. The van der Waals surface area contributed by atoms with Crippen LogP contribution in [-0.4, -0.2) is 58.3 Å². The fraction of sp³-hybridized carbons (Fsp3) is 0.286. The summed E-state index contributed by atoms with van der Waals surface area (Å²) in [6.45, 7) is 5.22. The van der Waals surface area contributed by atoms with Crippen molar-refractivity contribution in [3.8, 4) is 5.69 Å². The number of carbonyl (C=O) groups excluding carboxylic acids is 1. The number of amides is 1. The number of rotatable bonds is 5. The Morgan fingerprint density at radius 3 is 2.53 bits per heavy atom. The zero-order valence-electron chi connectivity index (χ0n) is 16.6. The number of halogens is 2. The number of aryl methyl sites for hydroxylation is 1. The fourth-order valence-electron chi connectivity index (χ4n) is 3.44. The van der Waals surface area contributed by atoms with Gasteiger partial charge in [0.1, 0.15) is 17.5 Å². The number of nitrogens with zero attached hydrogens (tertiary/aromatic N) is 5. The number of piperazine rings is 1. The van der Waals surface area contributed by atoms with Crippen LogP contribution in [0, 0.1) is 12.7 Å². The molecule has 2 aromatic heterocycles. The van der Waals surface area contributed by atoms with E-state index in [0.717, 1.165) is 37.7 Å². The molecule has 0 radical (unpaired) electrons. The summed E-state index contributed by atoms with van der Waals surface area (Å²) in [5.74, 6) is 1.02. The van der Waals surface area contributed by atoms with Gasteiger partial charge in [-0.15, -0.1) is 0 Å². The van der Waals surface area contributed by atoms with Gasteiger partial charge in [0.25, 0.3) is 0 Å². The normalized spacial score (nSPS) is 14.7. The summed E-state index contributed by atoms with van der Waals surface area (Å²) in [4.78, 5) is 21.3. The highest BCUT2D eigenvalue weighted by molar-refractivity contribution is 6.30. The molecule has 0 bridgehead atoms. The topological polar surface area (TPSA) is 66.3 Å². The highest BCUT2D eigenvalue weighted by atomic mass is 35.5. The molecule has 1 aromatic carbocycles. The van der Waals surface area contributed by atoms with Gasteiger partial charge in [-0.2, -0.15) is 5.10 Å². The minimum Gasteiger partial charge on any atom is -0.354 e. The number of aromatic nitrogens is 3. The molecule has 3 aromatic rings. The van der Waals surface area contributed by atoms with E-state index in [-0.39, 0.29) is 18.3 Å². The summed E-state index contributed by atoms with van der Waals surface area (Å²) >= 11 is 5.90. The first-order valence-corrected chi connectivity index (χ1v) is 10.1. The smallest absolute Gasteiger partial charge is 0.239 e. The van der Waals surface area contributed by atoms with E-state index in [1.54, 1.807) is 29.1 Å². The molecule has 1 N–H and O–H groups in total. The van der Waals surface area contributed by atoms with Crippen LogP contribution in [0.5, 0.6) is 0 Å². The second kappa shape index (κ2) is 8.81. The van der Waals surface area contributed by atoms with Crippen LogP contribution < -0.4 is 10.2 Å². The third-order valence-corrected chi connectivity index (χ3v) is 5.17. The Labute approximate surface area is 179 Å². The molecule has 156 valence electrons. The van der Waals surface area contributed by atoms with E-state index in [9.17, 15) is 9.18 Å². The number of benzene rings is 1. The fourth-order valence-corrected chi connectivity index (χ4v) is 3.56. The predicted molar refractivity (Wildman–Crippen MR) is 115 cm³/mol. The lowest BCUT2D eigenvalue weighted by molar-refractivity contribution is -0.117. The number of hydrogen-bond donors (Lipinski definition) is 1. The molecule has 0 spiro atoms. The summed E-state index contributed by atoms with van der Waals surface area (Å²) in [6.07, 6.45) is 1.64. The van der Waals surface area contributed by atoms with Gasteiger partial charge in [0.2, 0.25) is 5.91 Å². The molecular weight excluding hydrogens is 407 g/mol. The Morgan fingerprint density at radius 1 is 1.13 bits per heavy atom. The zero-order chi connectivity index (χ0) is 21.1. The third kappa shape index (κ3) is 4.77. The first-order valence-electron chi connectivity index (χ1n) is 9.69. The van der Waals surface area contributed by atoms with E-state index in [4.69, 9.17) is 11.6 Å². The average molecular weight is 429 g/mol. The van der Waals surface area contributed by atoms with Gasteiger partial charge < -0.3 is 10.2 Å². The first kappa shape index (κ1) is 20.3. The second-order valence-electron chi connectivity index (χ2n) is 7.21. The van der Waals surface area contributed by atoms with Crippen molar-refractivity contribution >= 4 is 29.1 Å². The highest BCUT2D eigenvalue weighted by Gasteiger charge is 2.20. The van der Waals surface area contributed by atoms with E-state index < -0.39 is 0 Å². The molecule has 0 saturated carbocycles. The lowest BCUT2D eigenvalue weighted by Crippen LogP contribution is -2.49. The third-order valence-electron chi connectivity index (χ3n) is 4.95. The molecule has 1 fully saturated rings. The molecule has 0 aliphatic carbocycles. The maximum atomic E-state index is 13.2. The van der Waals surface area contributed by atoms with Crippen molar-refractivity contribution in [3.05, 3.63) is 65.2 Å². The van der Waals surface area contributed by atoms with Crippen molar-refractivity contribution in [2.75, 3.05) is 42.9 Å². The summed E-state index contributed by atoms with van der Waals surface area (Å²) in [5.41, 5.74) is 1.45. The minimum absolute atomic E-state index is 0.115. The van der Waals surface area contributed by atoms with E-state index >= 15 is 0 Å². The quantitative estimate of drug-likeness (QED) is 0.676. The van der Waals surface area contributed by atoms with E-state index in [2.05, 4.69) is 25.2 Å². The van der Waals surface area contributed by atoms with Crippen LogP contribution >= 0.6 is 11.6 Å². The van der Waals surface area contributed by atoms with Gasteiger partial charge in [0.05, 0.1) is 22.9 Å². The van der Waals surface area contributed by atoms with E-state index in [0.29, 0.717) is 16.5 Å². The van der Waals surface area contributed by atoms with Gasteiger partial charge in [-0.05, 0) is 43.3 Å². The lowest BCUT2D eigenvalue weighted by Gasteiger charge is -2.35. The largest absolute Gasteiger partial charge is 0.354 e. The molecule has 1 saturated heterocycles. The molecule has 30 heavy (non-hydrogen) atoms. The van der Waals surface area contributed by atoms with E-state index in [1.165, 1.54) is 12.1 Å². The Balaban J connectivity index is 1.35. The van der Waals surface area contributed by atoms with Crippen molar-refractivity contribution in [1.29, 1.82) is 0 Å². The Morgan fingerprint density at radius 2 is 1.87 bits per heavy atom. The van der Waals surface area contributed by atoms with Crippen LogP contribution in [0.15, 0.2) is 48.7 Å². The summed E-state index contributed by atoms with van der Waals surface area (Å²) < 4.78 is 14.8. The molecule has 7 nitrogen and oxygen atoms in total. The van der Waals surface area contributed by atoms with Gasteiger partial charge >= 0.3 is 0 Å². The van der Waals surface area contributed by atoms with Crippen molar-refractivity contribution in [3.63, 3.8) is 0 Å². The van der Waals surface area contributed by atoms with Crippen LogP contribution in [0.2, 0.25) is 5.02 Å². The molecule has 1 aliphatic heterocycles. The molecule has 3 heterocycles. The van der Waals surface area contributed by atoms with Crippen molar-refractivity contribution in [2.45, 2.75) is 6.92 Å². The molecule has 0 atom stereocenters. The van der Waals surface area contributed by atoms with Gasteiger partial charge in [-0.25, -0.2) is 14.1 Å². The van der Waals surface area contributed by atoms with Gasteiger partial charge in [-0.1, -0.05) is 11.6 Å². The van der Waals surface area contributed by atoms with Gasteiger partial charge in [0, 0.05) is 38.4 Å². The first-order chi connectivity index (χ1) is 14.5. The second-order valence-corrected chi connectivity index (χ2v) is 7.64. The Hall–Kier alpha value is -2.97. The van der Waals surface area contributed by atoms with Crippen molar-refractivity contribution in [1.82, 2.24) is 19.7 Å². The Kier molecular flexibility index (Phi) is 5.96. The summed E-state index contributed by atoms with van der Waals surface area (Å²) in [5, 5.41) is 7.94. The Bertz CT molecular complexity index is 1010. The van der Waals surface area contributed by atoms with Crippen LogP contribution in [0.25, 0.3) is 5.69 Å². The van der Waals surface area contributed by atoms with E-state index in [1.807, 2.05) is 19.1 Å². The molecule has 9 heteroatoms. The summed E-state index contributed by atoms with van der Waals surface area (Å²) in [7, 11) is 0. The number of carbonyl (C=O) groups is 1.